The molecular formula is C28H35N5O4. The van der Waals surface area contributed by atoms with Gasteiger partial charge in [0.05, 0.1) is 23.8 Å². The summed E-state index contributed by atoms with van der Waals surface area (Å²) in [7, 11) is 0. The van der Waals surface area contributed by atoms with E-state index in [9.17, 15) is 19.8 Å². The Morgan fingerprint density at radius 3 is 2.41 bits per heavy atom. The van der Waals surface area contributed by atoms with Gasteiger partial charge >= 0.3 is 6.09 Å². The van der Waals surface area contributed by atoms with Crippen LogP contribution in [0.3, 0.4) is 0 Å². The van der Waals surface area contributed by atoms with Crippen LogP contribution in [-0.2, 0) is 4.79 Å². The van der Waals surface area contributed by atoms with Gasteiger partial charge in [0.2, 0.25) is 5.91 Å². The lowest BCUT2D eigenvalue weighted by molar-refractivity contribution is -0.134. The molecule has 2 amide bonds. The highest BCUT2D eigenvalue weighted by atomic mass is 16.4. The first-order chi connectivity index (χ1) is 17.9. The minimum Gasteiger partial charge on any atom is -0.465 e. The molecule has 2 saturated heterocycles. The highest BCUT2D eigenvalue weighted by Crippen LogP contribution is 2.43. The Morgan fingerprint density at radius 1 is 1.00 bits per heavy atom. The van der Waals surface area contributed by atoms with Gasteiger partial charge in [0.1, 0.15) is 12.1 Å². The van der Waals surface area contributed by atoms with Crippen LogP contribution in [0.25, 0.3) is 0 Å². The van der Waals surface area contributed by atoms with Crippen LogP contribution in [0.2, 0.25) is 0 Å². The normalized spacial score (nSPS) is 26.3. The van der Waals surface area contributed by atoms with Crippen molar-refractivity contribution in [3.63, 3.8) is 0 Å². The molecule has 0 radical (unpaired) electrons. The number of piperazine rings is 1. The maximum Gasteiger partial charge on any atom is 0.407 e. The van der Waals surface area contributed by atoms with Crippen molar-refractivity contribution < 1.29 is 19.8 Å². The van der Waals surface area contributed by atoms with Crippen LogP contribution in [0.4, 0.5) is 10.6 Å². The average molecular weight is 506 g/mol. The Hall–Kier alpha value is -3.20. The smallest absolute Gasteiger partial charge is 0.407 e. The lowest BCUT2D eigenvalue weighted by Gasteiger charge is -2.39. The second-order valence-electron chi connectivity index (χ2n) is 11.1. The summed E-state index contributed by atoms with van der Waals surface area (Å²) >= 11 is 0. The van der Waals surface area contributed by atoms with Crippen LogP contribution in [-0.4, -0.2) is 80.7 Å². The SMILES string of the molecule is C[C@@H]1C[C@@H](O)c2ncnc(N3CCN(C(=O)[C@@H](c4ccc(C5CC5)cc4)C4CCCN4C(=O)O)CC3)c21. The number of likely N-dealkylation sites (tertiary alicyclic amines) is 1. The molecule has 6 rings (SSSR count). The Morgan fingerprint density at radius 2 is 1.73 bits per heavy atom. The standard InChI is InChI=1S/C28H35N5O4/c1-17-15-22(34)25-23(17)26(30-16-29-25)31-11-13-32(14-12-31)27(35)24(21-3-2-10-33(21)28(36)37)20-8-6-19(7-9-20)18-4-5-18/h6-9,16-18,21-22,24,34H,2-5,10-15H2,1H3,(H,36,37)/t17-,21?,22-,24+/m1/s1. The molecule has 1 aromatic heterocycles. The van der Waals surface area contributed by atoms with Gasteiger partial charge < -0.3 is 24.9 Å². The molecule has 1 aromatic carbocycles. The first-order valence-electron chi connectivity index (χ1n) is 13.6. The van der Waals surface area contributed by atoms with Gasteiger partial charge in [-0.05, 0) is 55.1 Å². The number of aliphatic hydroxyl groups excluding tert-OH is 1. The number of carbonyl (C=O) groups excluding carboxylic acids is 1. The number of aliphatic hydroxyl groups is 1. The molecular weight excluding hydrogens is 470 g/mol. The van der Waals surface area contributed by atoms with E-state index in [1.54, 1.807) is 0 Å². The van der Waals surface area contributed by atoms with Gasteiger partial charge in [-0.3, -0.25) is 4.79 Å². The summed E-state index contributed by atoms with van der Waals surface area (Å²) in [5, 5.41) is 20.2. The summed E-state index contributed by atoms with van der Waals surface area (Å²) in [6.45, 7) is 4.93. The fourth-order valence-electron chi connectivity index (χ4n) is 6.59. The van der Waals surface area contributed by atoms with Crippen molar-refractivity contribution in [1.82, 2.24) is 19.8 Å². The molecule has 2 N–H and O–H groups in total. The molecule has 3 heterocycles. The molecule has 4 atom stereocenters. The molecule has 2 aliphatic heterocycles. The molecule has 37 heavy (non-hydrogen) atoms. The van der Waals surface area contributed by atoms with E-state index in [1.165, 1.54) is 29.6 Å². The van der Waals surface area contributed by atoms with Crippen LogP contribution in [0.1, 0.15) is 85.3 Å². The third kappa shape index (κ3) is 4.43. The van der Waals surface area contributed by atoms with Crippen molar-refractivity contribution in [2.45, 2.75) is 68.9 Å². The average Bonchev–Trinajstić information content (AvgIpc) is 3.57. The Balaban J connectivity index is 1.22. The predicted octanol–water partition coefficient (Wildman–Crippen LogP) is 3.47. The van der Waals surface area contributed by atoms with Crippen molar-refractivity contribution in [2.75, 3.05) is 37.6 Å². The minimum absolute atomic E-state index is 0.00804. The van der Waals surface area contributed by atoms with Crippen molar-refractivity contribution in [2.24, 2.45) is 0 Å². The molecule has 9 heteroatoms. The summed E-state index contributed by atoms with van der Waals surface area (Å²) in [5.74, 6) is 1.19. The van der Waals surface area contributed by atoms with Gasteiger partial charge in [-0.25, -0.2) is 14.8 Å². The van der Waals surface area contributed by atoms with Crippen molar-refractivity contribution >= 4 is 17.8 Å². The van der Waals surface area contributed by atoms with E-state index in [0.29, 0.717) is 51.5 Å². The number of carboxylic acid groups (broad SMARTS) is 1. The van der Waals surface area contributed by atoms with E-state index in [1.807, 2.05) is 17.0 Å². The zero-order valence-corrected chi connectivity index (χ0v) is 21.3. The maximum atomic E-state index is 14.0. The number of fused-ring (bicyclic) bond motifs is 1. The molecule has 1 saturated carbocycles. The number of anilines is 1. The fourth-order valence-corrected chi connectivity index (χ4v) is 6.59. The highest BCUT2D eigenvalue weighted by Gasteiger charge is 2.42. The molecule has 4 aliphatic rings. The summed E-state index contributed by atoms with van der Waals surface area (Å²) in [4.78, 5) is 40.5. The number of hydrogen-bond acceptors (Lipinski definition) is 6. The third-order valence-electron chi connectivity index (χ3n) is 8.71. The van der Waals surface area contributed by atoms with Crippen LogP contribution in [0.5, 0.6) is 0 Å². The molecule has 0 bridgehead atoms. The minimum atomic E-state index is -0.950. The highest BCUT2D eigenvalue weighted by molar-refractivity contribution is 5.86. The second-order valence-corrected chi connectivity index (χ2v) is 11.1. The third-order valence-corrected chi connectivity index (χ3v) is 8.71. The van der Waals surface area contributed by atoms with Gasteiger partial charge in [-0.1, -0.05) is 31.2 Å². The Kier molecular flexibility index (Phi) is 6.26. The van der Waals surface area contributed by atoms with Gasteiger partial charge in [-0.15, -0.1) is 0 Å². The van der Waals surface area contributed by atoms with Gasteiger partial charge in [0, 0.05) is 38.3 Å². The maximum absolute atomic E-state index is 14.0. The molecule has 2 aliphatic carbocycles. The van der Waals surface area contributed by atoms with Crippen LogP contribution in [0.15, 0.2) is 30.6 Å². The molecule has 9 nitrogen and oxygen atoms in total. The quantitative estimate of drug-likeness (QED) is 0.640. The number of nitrogens with zero attached hydrogens (tertiary/aromatic N) is 5. The second kappa shape index (κ2) is 9.59. The topological polar surface area (TPSA) is 110 Å². The number of amides is 2. The lowest BCUT2D eigenvalue weighted by atomic mass is 9.87. The molecule has 196 valence electrons. The summed E-state index contributed by atoms with van der Waals surface area (Å²) in [6, 6.07) is 7.98. The number of benzene rings is 1. The van der Waals surface area contributed by atoms with E-state index in [-0.39, 0.29) is 17.9 Å². The molecule has 3 fully saturated rings. The Bertz CT molecular complexity index is 1180. The monoisotopic (exact) mass is 505 g/mol. The first-order valence-corrected chi connectivity index (χ1v) is 13.6. The zero-order valence-electron chi connectivity index (χ0n) is 21.3. The predicted molar refractivity (Wildman–Crippen MR) is 138 cm³/mol. The fraction of sp³-hybridized carbons (Fsp3) is 0.571. The molecule has 0 spiro atoms. The van der Waals surface area contributed by atoms with Crippen LogP contribution >= 0.6 is 0 Å². The van der Waals surface area contributed by atoms with Gasteiger partial charge in [0.15, 0.2) is 0 Å². The largest absolute Gasteiger partial charge is 0.465 e. The number of rotatable bonds is 5. The van der Waals surface area contributed by atoms with E-state index in [0.717, 1.165) is 29.1 Å². The Labute approximate surface area is 217 Å². The van der Waals surface area contributed by atoms with Crippen LogP contribution < -0.4 is 4.90 Å². The summed E-state index contributed by atoms with van der Waals surface area (Å²) < 4.78 is 0. The number of carbonyl (C=O) groups is 2. The molecule has 1 unspecified atom stereocenters. The van der Waals surface area contributed by atoms with Crippen LogP contribution in [0, 0.1) is 0 Å². The zero-order chi connectivity index (χ0) is 25.7. The van der Waals surface area contributed by atoms with Crippen molar-refractivity contribution in [3.8, 4) is 0 Å². The summed E-state index contributed by atoms with van der Waals surface area (Å²) in [6.07, 6.45) is 4.58. The van der Waals surface area contributed by atoms with E-state index in [2.05, 4.69) is 33.9 Å². The van der Waals surface area contributed by atoms with Gasteiger partial charge in [-0.2, -0.15) is 0 Å². The lowest BCUT2D eigenvalue weighted by Crippen LogP contribution is -2.53. The van der Waals surface area contributed by atoms with E-state index in [4.69, 9.17) is 0 Å². The number of aromatic nitrogens is 2. The van der Waals surface area contributed by atoms with E-state index < -0.39 is 18.1 Å². The first kappa shape index (κ1) is 24.2. The van der Waals surface area contributed by atoms with E-state index >= 15 is 0 Å². The number of hydrogen-bond donors (Lipinski definition) is 2. The molecule has 2 aromatic rings. The van der Waals surface area contributed by atoms with Crippen molar-refractivity contribution in [3.05, 3.63) is 53.0 Å². The van der Waals surface area contributed by atoms with Gasteiger partial charge in [0.25, 0.3) is 0 Å². The van der Waals surface area contributed by atoms with Crippen molar-refractivity contribution in [1.29, 1.82) is 0 Å². The summed E-state index contributed by atoms with van der Waals surface area (Å²) in [5.41, 5.74) is 3.96.